The SMILES string of the molecule is CCCCC(C)NCC(C)(O)CN(C)C. The van der Waals surface area contributed by atoms with Crippen molar-refractivity contribution >= 4 is 0 Å². The Labute approximate surface area is 94.9 Å². The van der Waals surface area contributed by atoms with Crippen LogP contribution < -0.4 is 5.32 Å². The summed E-state index contributed by atoms with van der Waals surface area (Å²) < 4.78 is 0. The van der Waals surface area contributed by atoms with Crippen LogP contribution in [0.15, 0.2) is 0 Å². The van der Waals surface area contributed by atoms with E-state index < -0.39 is 5.60 Å². The second kappa shape index (κ2) is 7.20. The molecule has 0 bridgehead atoms. The molecule has 3 nitrogen and oxygen atoms in total. The topological polar surface area (TPSA) is 35.5 Å². The summed E-state index contributed by atoms with van der Waals surface area (Å²) in [5, 5.41) is 13.4. The highest BCUT2D eigenvalue weighted by Gasteiger charge is 2.21. The van der Waals surface area contributed by atoms with E-state index in [1.807, 2.05) is 25.9 Å². The molecule has 3 heteroatoms. The van der Waals surface area contributed by atoms with E-state index in [0.717, 1.165) is 0 Å². The Morgan fingerprint density at radius 2 is 2.00 bits per heavy atom. The van der Waals surface area contributed by atoms with Gasteiger partial charge in [-0.15, -0.1) is 0 Å². The zero-order chi connectivity index (χ0) is 11.9. The summed E-state index contributed by atoms with van der Waals surface area (Å²) in [7, 11) is 3.96. The van der Waals surface area contributed by atoms with Crippen LogP contribution >= 0.6 is 0 Å². The molecular weight excluding hydrogens is 188 g/mol. The fourth-order valence-corrected chi connectivity index (χ4v) is 1.74. The summed E-state index contributed by atoms with van der Waals surface area (Å²) in [4.78, 5) is 2.01. The van der Waals surface area contributed by atoms with Crippen molar-refractivity contribution in [2.24, 2.45) is 0 Å². The molecule has 92 valence electrons. The maximum atomic E-state index is 10.1. The van der Waals surface area contributed by atoms with Gasteiger partial charge in [0, 0.05) is 19.1 Å². The molecule has 0 aromatic rings. The first kappa shape index (κ1) is 14.9. The maximum Gasteiger partial charge on any atom is 0.0869 e. The normalized spacial score (nSPS) is 17.8. The van der Waals surface area contributed by atoms with Crippen molar-refractivity contribution in [1.29, 1.82) is 0 Å². The average molecular weight is 216 g/mol. The van der Waals surface area contributed by atoms with Crippen molar-refractivity contribution in [2.45, 2.75) is 51.7 Å². The smallest absolute Gasteiger partial charge is 0.0869 e. The minimum absolute atomic E-state index is 0.499. The van der Waals surface area contributed by atoms with Crippen molar-refractivity contribution in [3.63, 3.8) is 0 Å². The van der Waals surface area contributed by atoms with Crippen LogP contribution in [-0.2, 0) is 0 Å². The van der Waals surface area contributed by atoms with Gasteiger partial charge >= 0.3 is 0 Å². The van der Waals surface area contributed by atoms with Crippen LogP contribution in [0.3, 0.4) is 0 Å². The van der Waals surface area contributed by atoms with Gasteiger partial charge in [0.05, 0.1) is 5.60 Å². The first-order valence-corrected chi connectivity index (χ1v) is 5.98. The van der Waals surface area contributed by atoms with E-state index >= 15 is 0 Å². The molecule has 2 N–H and O–H groups in total. The molecule has 0 aromatic carbocycles. The van der Waals surface area contributed by atoms with Crippen LogP contribution in [0.5, 0.6) is 0 Å². The lowest BCUT2D eigenvalue weighted by molar-refractivity contribution is 0.0315. The third kappa shape index (κ3) is 8.85. The fraction of sp³-hybridized carbons (Fsp3) is 1.00. The van der Waals surface area contributed by atoms with Gasteiger partial charge in [-0.3, -0.25) is 0 Å². The molecule has 0 aliphatic heterocycles. The Kier molecular flexibility index (Phi) is 7.14. The Morgan fingerprint density at radius 1 is 1.40 bits per heavy atom. The molecule has 0 rings (SSSR count). The first-order chi connectivity index (χ1) is 6.87. The summed E-state index contributed by atoms with van der Waals surface area (Å²) >= 11 is 0. The third-order valence-corrected chi connectivity index (χ3v) is 2.48. The summed E-state index contributed by atoms with van der Waals surface area (Å²) in [5.74, 6) is 0. The zero-order valence-corrected chi connectivity index (χ0v) is 11.0. The molecule has 0 aliphatic rings. The number of likely N-dealkylation sites (N-methyl/N-ethyl adjacent to an activating group) is 1. The predicted octanol–water partition coefficient (Wildman–Crippen LogP) is 1.47. The zero-order valence-electron chi connectivity index (χ0n) is 11.0. The lowest BCUT2D eigenvalue weighted by Crippen LogP contribution is -2.47. The molecule has 0 fully saturated rings. The van der Waals surface area contributed by atoms with Gasteiger partial charge in [0.1, 0.15) is 0 Å². The number of rotatable bonds is 8. The average Bonchev–Trinajstić information content (AvgIpc) is 2.09. The van der Waals surface area contributed by atoms with Gasteiger partial charge < -0.3 is 15.3 Å². The van der Waals surface area contributed by atoms with E-state index in [-0.39, 0.29) is 0 Å². The van der Waals surface area contributed by atoms with E-state index in [9.17, 15) is 5.11 Å². The highest BCUT2D eigenvalue weighted by atomic mass is 16.3. The van der Waals surface area contributed by atoms with Crippen molar-refractivity contribution in [3.05, 3.63) is 0 Å². The second-order valence-electron chi connectivity index (χ2n) is 5.16. The standard InChI is InChI=1S/C12H28N2O/c1-6-7-8-11(2)13-9-12(3,15)10-14(4)5/h11,13,15H,6-10H2,1-5H3. The Bertz CT molecular complexity index is 158. The maximum absolute atomic E-state index is 10.1. The summed E-state index contributed by atoms with van der Waals surface area (Å²) in [6.07, 6.45) is 3.68. The molecule has 2 unspecified atom stereocenters. The largest absolute Gasteiger partial charge is 0.388 e. The van der Waals surface area contributed by atoms with E-state index in [2.05, 4.69) is 19.2 Å². The minimum atomic E-state index is -0.635. The molecule has 0 aromatic heterocycles. The van der Waals surface area contributed by atoms with Gasteiger partial charge in [0.15, 0.2) is 0 Å². The second-order valence-corrected chi connectivity index (χ2v) is 5.16. The van der Waals surface area contributed by atoms with Gasteiger partial charge in [-0.05, 0) is 34.4 Å². The lowest BCUT2D eigenvalue weighted by atomic mass is 10.1. The molecule has 0 saturated carbocycles. The van der Waals surface area contributed by atoms with Gasteiger partial charge in [-0.1, -0.05) is 19.8 Å². The van der Waals surface area contributed by atoms with Gasteiger partial charge in [0.25, 0.3) is 0 Å². The van der Waals surface area contributed by atoms with Crippen LogP contribution in [0.2, 0.25) is 0 Å². The Hall–Kier alpha value is -0.120. The molecule has 0 amide bonds. The highest BCUT2D eigenvalue weighted by Crippen LogP contribution is 2.05. The van der Waals surface area contributed by atoms with Gasteiger partial charge in [0.2, 0.25) is 0 Å². The highest BCUT2D eigenvalue weighted by molar-refractivity contribution is 4.79. The first-order valence-electron chi connectivity index (χ1n) is 5.98. The van der Waals surface area contributed by atoms with Crippen LogP contribution in [0.1, 0.15) is 40.0 Å². The minimum Gasteiger partial charge on any atom is -0.388 e. The molecule has 0 heterocycles. The summed E-state index contributed by atoms with van der Waals surface area (Å²) in [6.45, 7) is 7.62. The molecular formula is C12H28N2O. The third-order valence-electron chi connectivity index (χ3n) is 2.48. The number of aliphatic hydroxyl groups is 1. The molecule has 0 radical (unpaired) electrons. The number of hydrogen-bond acceptors (Lipinski definition) is 3. The van der Waals surface area contributed by atoms with E-state index in [1.54, 1.807) is 0 Å². The molecule has 0 aliphatic carbocycles. The monoisotopic (exact) mass is 216 g/mol. The Balaban J connectivity index is 3.71. The van der Waals surface area contributed by atoms with E-state index in [1.165, 1.54) is 19.3 Å². The van der Waals surface area contributed by atoms with E-state index in [4.69, 9.17) is 0 Å². The number of nitrogens with zero attached hydrogens (tertiary/aromatic N) is 1. The summed E-state index contributed by atoms with van der Waals surface area (Å²) in [6, 6.07) is 0.499. The predicted molar refractivity (Wildman–Crippen MR) is 66.2 cm³/mol. The quantitative estimate of drug-likeness (QED) is 0.645. The summed E-state index contributed by atoms with van der Waals surface area (Å²) in [5.41, 5.74) is -0.635. The van der Waals surface area contributed by atoms with Crippen LogP contribution in [-0.4, -0.2) is 48.8 Å². The van der Waals surface area contributed by atoms with Crippen molar-refractivity contribution in [1.82, 2.24) is 10.2 Å². The van der Waals surface area contributed by atoms with Crippen molar-refractivity contribution in [2.75, 3.05) is 27.2 Å². The number of hydrogen-bond donors (Lipinski definition) is 2. The van der Waals surface area contributed by atoms with E-state index in [0.29, 0.717) is 19.1 Å². The van der Waals surface area contributed by atoms with Crippen LogP contribution in [0, 0.1) is 0 Å². The van der Waals surface area contributed by atoms with Crippen molar-refractivity contribution < 1.29 is 5.11 Å². The molecule has 15 heavy (non-hydrogen) atoms. The molecule has 2 atom stereocenters. The van der Waals surface area contributed by atoms with Crippen LogP contribution in [0.25, 0.3) is 0 Å². The molecule has 0 spiro atoms. The van der Waals surface area contributed by atoms with Crippen LogP contribution in [0.4, 0.5) is 0 Å². The number of unbranched alkanes of at least 4 members (excludes halogenated alkanes) is 1. The molecule has 0 saturated heterocycles. The Morgan fingerprint density at radius 3 is 2.47 bits per heavy atom. The van der Waals surface area contributed by atoms with Gasteiger partial charge in [-0.2, -0.15) is 0 Å². The van der Waals surface area contributed by atoms with Crippen molar-refractivity contribution in [3.8, 4) is 0 Å². The van der Waals surface area contributed by atoms with Gasteiger partial charge in [-0.25, -0.2) is 0 Å². The lowest BCUT2D eigenvalue weighted by Gasteiger charge is -2.28. The number of nitrogens with one attached hydrogen (secondary N) is 1. The fourth-order valence-electron chi connectivity index (χ4n) is 1.74.